The molecule has 6 nitrogen and oxygen atoms in total. The zero-order chi connectivity index (χ0) is 25.2. The molecule has 2 aromatic heterocycles. The quantitative estimate of drug-likeness (QED) is 0.346. The second kappa shape index (κ2) is 10.2. The highest BCUT2D eigenvalue weighted by atomic mass is 32.1. The van der Waals surface area contributed by atoms with E-state index in [4.69, 9.17) is 20.6 Å². The monoisotopic (exact) mass is 502 g/mol. The molecule has 0 aliphatic carbocycles. The average Bonchev–Trinajstić information content (AvgIpc) is 3.53. The van der Waals surface area contributed by atoms with E-state index in [0.717, 1.165) is 42.9 Å². The van der Waals surface area contributed by atoms with Gasteiger partial charge in [-0.25, -0.2) is 9.78 Å². The molecule has 0 saturated carbocycles. The fourth-order valence-electron chi connectivity index (χ4n) is 4.00. The van der Waals surface area contributed by atoms with E-state index in [1.165, 1.54) is 26.4 Å². The van der Waals surface area contributed by atoms with Crippen molar-refractivity contribution in [3.63, 3.8) is 0 Å². The molecule has 1 aliphatic heterocycles. The number of imidazole rings is 1. The Morgan fingerprint density at radius 1 is 1.20 bits per heavy atom. The van der Waals surface area contributed by atoms with Crippen LogP contribution in [-0.2, 0) is 11.3 Å². The highest BCUT2D eigenvalue weighted by molar-refractivity contribution is 7.18. The number of H-pyrrole nitrogens is 1. The smallest absolute Gasteiger partial charge is 0.475 e. The van der Waals surface area contributed by atoms with Crippen LogP contribution in [-0.4, -0.2) is 51.3 Å². The molecule has 0 radical (unpaired) electrons. The predicted octanol–water partition coefficient (Wildman–Crippen LogP) is 5.43. The normalized spacial score (nSPS) is 16.3. The highest BCUT2D eigenvalue weighted by Crippen LogP contribution is 2.34. The summed E-state index contributed by atoms with van der Waals surface area (Å²) >= 11 is 1.78. The van der Waals surface area contributed by atoms with E-state index in [9.17, 15) is 13.2 Å². The van der Waals surface area contributed by atoms with Gasteiger partial charge < -0.3 is 15.8 Å². The SMILES string of the molecule is Cc1cccc2[nH]c(-c3ccc(-c4cccc(CN5CCC(N)C5)c4)s3)nc12.O=C(O)C(F)(F)F. The maximum Gasteiger partial charge on any atom is 0.490 e. The topological polar surface area (TPSA) is 95.2 Å². The number of nitrogens with one attached hydrogen (secondary N) is 1. The molecule has 10 heteroatoms. The van der Waals surface area contributed by atoms with Crippen LogP contribution in [0.3, 0.4) is 0 Å². The number of aryl methyl sites for hydroxylation is 1. The molecule has 35 heavy (non-hydrogen) atoms. The second-order valence-corrected chi connectivity index (χ2v) is 9.59. The zero-order valence-corrected chi connectivity index (χ0v) is 19.8. The van der Waals surface area contributed by atoms with Gasteiger partial charge in [0.2, 0.25) is 0 Å². The lowest BCUT2D eigenvalue weighted by molar-refractivity contribution is -0.192. The lowest BCUT2D eigenvalue weighted by Crippen LogP contribution is -2.26. The number of aliphatic carboxylic acids is 1. The van der Waals surface area contributed by atoms with Gasteiger partial charge in [-0.05, 0) is 54.3 Å². The molecule has 3 heterocycles. The van der Waals surface area contributed by atoms with E-state index in [-0.39, 0.29) is 0 Å². The summed E-state index contributed by atoms with van der Waals surface area (Å²) in [5.74, 6) is -1.81. The summed E-state index contributed by atoms with van der Waals surface area (Å²) in [7, 11) is 0. The molecule has 1 aliphatic rings. The number of nitrogens with zero attached hydrogens (tertiary/aromatic N) is 2. The fourth-order valence-corrected chi connectivity index (χ4v) is 4.95. The van der Waals surface area contributed by atoms with Crippen molar-refractivity contribution in [2.75, 3.05) is 13.1 Å². The number of benzene rings is 2. The second-order valence-electron chi connectivity index (χ2n) is 8.51. The lowest BCUT2D eigenvalue weighted by atomic mass is 10.1. The molecule has 0 bridgehead atoms. The summed E-state index contributed by atoms with van der Waals surface area (Å²) in [6.07, 6.45) is -3.98. The molecule has 4 N–H and O–H groups in total. The number of rotatable bonds is 4. The molecule has 1 unspecified atom stereocenters. The molecule has 0 spiro atoms. The van der Waals surface area contributed by atoms with Crippen LogP contribution in [0.25, 0.3) is 32.2 Å². The fraction of sp³-hybridized carbons (Fsp3) is 0.280. The van der Waals surface area contributed by atoms with Crippen LogP contribution in [0, 0.1) is 6.92 Å². The number of nitrogens with two attached hydrogens (primary N) is 1. The third kappa shape index (κ3) is 6.08. The van der Waals surface area contributed by atoms with Crippen LogP contribution >= 0.6 is 11.3 Å². The highest BCUT2D eigenvalue weighted by Gasteiger charge is 2.38. The molecule has 184 valence electrons. The van der Waals surface area contributed by atoms with Crippen molar-refractivity contribution in [1.82, 2.24) is 14.9 Å². The van der Waals surface area contributed by atoms with Gasteiger partial charge in [0, 0.05) is 30.6 Å². The zero-order valence-electron chi connectivity index (χ0n) is 19.0. The number of likely N-dealkylation sites (tertiary alicyclic amines) is 1. The first-order valence-electron chi connectivity index (χ1n) is 11.0. The van der Waals surface area contributed by atoms with Gasteiger partial charge in [0.05, 0.1) is 15.9 Å². The van der Waals surface area contributed by atoms with Crippen LogP contribution in [0.5, 0.6) is 0 Å². The molecule has 0 amide bonds. The van der Waals surface area contributed by atoms with E-state index in [0.29, 0.717) is 6.04 Å². The number of aromatic nitrogens is 2. The summed E-state index contributed by atoms with van der Waals surface area (Å²) in [5, 5.41) is 7.12. The predicted molar refractivity (Wildman–Crippen MR) is 131 cm³/mol. The Morgan fingerprint density at radius 2 is 1.91 bits per heavy atom. The number of carboxylic acids is 1. The summed E-state index contributed by atoms with van der Waals surface area (Å²) in [5.41, 5.74) is 12.0. The minimum absolute atomic E-state index is 0.329. The van der Waals surface area contributed by atoms with Crippen LogP contribution in [0.15, 0.2) is 54.6 Å². The Hall–Kier alpha value is -3.21. The number of carboxylic acid groups (broad SMARTS) is 1. The number of para-hydroxylation sites is 1. The first-order valence-corrected chi connectivity index (χ1v) is 11.8. The van der Waals surface area contributed by atoms with Crippen LogP contribution in [0.1, 0.15) is 17.5 Å². The molecule has 1 fully saturated rings. The van der Waals surface area contributed by atoms with Crippen molar-refractivity contribution in [3.8, 4) is 21.1 Å². The number of thiophene rings is 1. The van der Waals surface area contributed by atoms with Gasteiger partial charge in [-0.15, -0.1) is 11.3 Å². The van der Waals surface area contributed by atoms with Gasteiger partial charge in [0.25, 0.3) is 0 Å². The van der Waals surface area contributed by atoms with Gasteiger partial charge in [-0.1, -0.05) is 30.3 Å². The lowest BCUT2D eigenvalue weighted by Gasteiger charge is -2.15. The number of hydrogen-bond donors (Lipinski definition) is 3. The summed E-state index contributed by atoms with van der Waals surface area (Å²) in [6.45, 7) is 5.17. The number of carbonyl (C=O) groups is 1. The molecule has 5 rings (SSSR count). The summed E-state index contributed by atoms with van der Waals surface area (Å²) in [4.78, 5) is 22.1. The Bertz CT molecular complexity index is 1330. The summed E-state index contributed by atoms with van der Waals surface area (Å²) < 4.78 is 31.7. The van der Waals surface area contributed by atoms with E-state index in [2.05, 4.69) is 71.4 Å². The van der Waals surface area contributed by atoms with Gasteiger partial charge >= 0.3 is 12.1 Å². The summed E-state index contributed by atoms with van der Waals surface area (Å²) in [6, 6.07) is 19.8. The minimum atomic E-state index is -5.08. The van der Waals surface area contributed by atoms with Crippen molar-refractivity contribution >= 4 is 28.3 Å². The third-order valence-corrected chi connectivity index (χ3v) is 6.86. The van der Waals surface area contributed by atoms with Gasteiger partial charge in [-0.3, -0.25) is 4.90 Å². The van der Waals surface area contributed by atoms with Crippen molar-refractivity contribution in [3.05, 3.63) is 65.7 Å². The molecule has 2 aromatic carbocycles. The van der Waals surface area contributed by atoms with Gasteiger partial charge in [-0.2, -0.15) is 13.2 Å². The van der Waals surface area contributed by atoms with Crippen LogP contribution in [0.2, 0.25) is 0 Å². The molecule has 1 saturated heterocycles. The Morgan fingerprint density at radius 3 is 2.57 bits per heavy atom. The number of aromatic amines is 1. The third-order valence-electron chi connectivity index (χ3n) is 5.72. The van der Waals surface area contributed by atoms with E-state index in [1.807, 2.05) is 0 Å². The number of fused-ring (bicyclic) bond motifs is 1. The van der Waals surface area contributed by atoms with E-state index < -0.39 is 12.1 Å². The molecular formula is C25H25F3N4O2S. The van der Waals surface area contributed by atoms with Crippen molar-refractivity contribution in [1.29, 1.82) is 0 Å². The van der Waals surface area contributed by atoms with Crippen molar-refractivity contribution < 1.29 is 23.1 Å². The van der Waals surface area contributed by atoms with Crippen LogP contribution in [0.4, 0.5) is 13.2 Å². The van der Waals surface area contributed by atoms with E-state index in [1.54, 1.807) is 11.3 Å². The van der Waals surface area contributed by atoms with Gasteiger partial charge in [0.15, 0.2) is 0 Å². The number of hydrogen-bond acceptors (Lipinski definition) is 5. The largest absolute Gasteiger partial charge is 0.490 e. The maximum atomic E-state index is 10.6. The number of halogens is 3. The average molecular weight is 503 g/mol. The molecular weight excluding hydrogens is 477 g/mol. The molecule has 1 atom stereocenters. The maximum absolute atomic E-state index is 10.6. The van der Waals surface area contributed by atoms with Crippen molar-refractivity contribution in [2.45, 2.75) is 32.1 Å². The van der Waals surface area contributed by atoms with E-state index >= 15 is 0 Å². The Balaban J connectivity index is 0.000000364. The van der Waals surface area contributed by atoms with Gasteiger partial charge in [0.1, 0.15) is 5.82 Å². The number of alkyl halides is 3. The van der Waals surface area contributed by atoms with Crippen LogP contribution < -0.4 is 5.73 Å². The first kappa shape index (κ1) is 24.9. The standard InChI is InChI=1S/C23H24N4S.C2HF3O2/c1-15-4-2-7-19-22(15)26-23(25-19)21-9-8-20(28-21)17-6-3-5-16(12-17)13-27-11-10-18(24)14-27;3-2(4,5)1(6)7/h2-9,12,18H,10-11,13-14,24H2,1H3,(H,25,26);(H,6,7). The Labute approximate surface area is 204 Å². The first-order chi connectivity index (χ1) is 16.6. The Kier molecular flexibility index (Phi) is 7.25. The minimum Gasteiger partial charge on any atom is -0.475 e. The van der Waals surface area contributed by atoms with Crippen molar-refractivity contribution in [2.24, 2.45) is 5.73 Å². The molecule has 4 aromatic rings.